The Hall–Kier alpha value is -1.48. The van der Waals surface area contributed by atoms with Crippen molar-refractivity contribution >= 4 is 11.0 Å². The molecule has 2 aromatic rings. The molecule has 0 bridgehead atoms. The van der Waals surface area contributed by atoms with Crippen LogP contribution in [0.2, 0.25) is 0 Å². The zero-order valence-electron chi connectivity index (χ0n) is 9.69. The number of aromatic nitrogens is 2. The number of nitrogens with two attached hydrogens (primary N) is 1. The summed E-state index contributed by atoms with van der Waals surface area (Å²) >= 11 is 0. The molecule has 0 amide bonds. The summed E-state index contributed by atoms with van der Waals surface area (Å²) in [5.41, 5.74) is 9.62. The van der Waals surface area contributed by atoms with Gasteiger partial charge in [0.15, 0.2) is 0 Å². The number of hydrogen-bond acceptors (Lipinski definition) is 3. The second kappa shape index (κ2) is 2.85. The van der Waals surface area contributed by atoms with E-state index in [1.807, 2.05) is 30.5 Å². The fraction of sp³-hybridized carbons (Fsp3) is 0.429. The number of nitrogens with zero attached hydrogens (tertiary/aromatic N) is 2. The molecule has 0 saturated heterocycles. The molecule has 0 aliphatic heterocycles. The Balaban J connectivity index is 1.87. The van der Waals surface area contributed by atoms with Crippen molar-refractivity contribution < 1.29 is 0 Å². The van der Waals surface area contributed by atoms with Crippen LogP contribution >= 0.6 is 0 Å². The molecule has 4 rings (SSSR count). The average molecular weight is 225 g/mol. The maximum Gasteiger partial charge on any atom is 0.0890 e. The minimum absolute atomic E-state index is 0.0180. The summed E-state index contributed by atoms with van der Waals surface area (Å²) in [6, 6.07) is 8.03. The lowest BCUT2D eigenvalue weighted by Gasteiger charge is -2.21. The van der Waals surface area contributed by atoms with E-state index < -0.39 is 0 Å². The molecule has 2 saturated carbocycles. The predicted molar refractivity (Wildman–Crippen MR) is 66.6 cm³/mol. The maximum atomic E-state index is 6.40. The predicted octanol–water partition coefficient (Wildman–Crippen LogP) is 2.15. The largest absolute Gasteiger partial charge is 0.324 e. The number of fused-ring (bicyclic) bond motifs is 1. The smallest absolute Gasteiger partial charge is 0.0890 e. The van der Waals surface area contributed by atoms with Crippen LogP contribution in [0.25, 0.3) is 11.0 Å². The first-order valence-corrected chi connectivity index (χ1v) is 6.25. The molecular weight excluding hydrogens is 210 g/mol. The van der Waals surface area contributed by atoms with Crippen molar-refractivity contribution in [1.29, 1.82) is 0 Å². The second-order valence-corrected chi connectivity index (χ2v) is 5.48. The van der Waals surface area contributed by atoms with Gasteiger partial charge in [-0.05, 0) is 37.8 Å². The van der Waals surface area contributed by atoms with E-state index in [2.05, 4.69) is 4.98 Å². The van der Waals surface area contributed by atoms with Crippen molar-refractivity contribution in [3.8, 4) is 0 Å². The number of benzene rings is 1. The minimum Gasteiger partial charge on any atom is -0.324 e. The minimum atomic E-state index is 0.0180. The van der Waals surface area contributed by atoms with Crippen molar-refractivity contribution in [3.05, 3.63) is 36.2 Å². The highest BCUT2D eigenvalue weighted by Crippen LogP contribution is 2.63. The lowest BCUT2D eigenvalue weighted by Crippen LogP contribution is -2.37. The van der Waals surface area contributed by atoms with Crippen LogP contribution in [-0.4, -0.2) is 15.5 Å². The van der Waals surface area contributed by atoms with Crippen molar-refractivity contribution in [2.24, 2.45) is 5.73 Å². The summed E-state index contributed by atoms with van der Waals surface area (Å²) in [6.07, 6.45) is 6.57. The molecule has 0 spiro atoms. The van der Waals surface area contributed by atoms with Gasteiger partial charge in [0, 0.05) is 17.2 Å². The molecule has 2 aliphatic carbocycles. The number of rotatable bonds is 2. The third-order valence-corrected chi connectivity index (χ3v) is 4.43. The molecule has 0 unspecified atom stereocenters. The fourth-order valence-electron chi connectivity index (χ4n) is 2.94. The first kappa shape index (κ1) is 9.54. The highest BCUT2D eigenvalue weighted by molar-refractivity contribution is 5.74. The van der Waals surface area contributed by atoms with Gasteiger partial charge in [-0.15, -0.1) is 0 Å². The zero-order valence-corrected chi connectivity index (χ0v) is 9.69. The van der Waals surface area contributed by atoms with Crippen LogP contribution < -0.4 is 5.73 Å². The third-order valence-electron chi connectivity index (χ3n) is 4.43. The number of para-hydroxylation sites is 2. The summed E-state index contributed by atoms with van der Waals surface area (Å²) in [6.45, 7) is 0. The van der Waals surface area contributed by atoms with Gasteiger partial charge in [-0.2, -0.15) is 0 Å². The van der Waals surface area contributed by atoms with Crippen molar-refractivity contribution in [2.45, 2.75) is 36.6 Å². The van der Waals surface area contributed by atoms with Gasteiger partial charge in [0.2, 0.25) is 0 Å². The standard InChI is InChI=1S/C14H15N3/c15-14(7-8-14)13(5-6-13)12-9-16-10-3-1-2-4-11(10)17-12/h1-4,9H,5-8,15H2. The second-order valence-electron chi connectivity index (χ2n) is 5.48. The van der Waals surface area contributed by atoms with Crippen LogP contribution in [0.3, 0.4) is 0 Å². The zero-order chi connectivity index (χ0) is 11.5. The van der Waals surface area contributed by atoms with Gasteiger partial charge in [-0.1, -0.05) is 12.1 Å². The van der Waals surface area contributed by atoms with Crippen LogP contribution in [0.1, 0.15) is 31.4 Å². The van der Waals surface area contributed by atoms with Crippen LogP contribution in [0, 0.1) is 0 Å². The molecule has 2 fully saturated rings. The number of hydrogen-bond donors (Lipinski definition) is 1. The Labute approximate surface area is 100 Å². The van der Waals surface area contributed by atoms with E-state index in [-0.39, 0.29) is 11.0 Å². The van der Waals surface area contributed by atoms with Gasteiger partial charge >= 0.3 is 0 Å². The Morgan fingerprint density at radius 1 is 1.00 bits per heavy atom. The summed E-state index contributed by atoms with van der Waals surface area (Å²) in [4.78, 5) is 9.28. The highest BCUT2D eigenvalue weighted by Gasteiger charge is 2.65. The van der Waals surface area contributed by atoms with Crippen LogP contribution in [-0.2, 0) is 5.41 Å². The summed E-state index contributed by atoms with van der Waals surface area (Å²) in [5.74, 6) is 0. The molecule has 86 valence electrons. The van der Waals surface area contributed by atoms with Crippen molar-refractivity contribution in [3.63, 3.8) is 0 Å². The maximum absolute atomic E-state index is 6.40. The van der Waals surface area contributed by atoms with E-state index in [4.69, 9.17) is 10.7 Å². The van der Waals surface area contributed by atoms with E-state index in [0.717, 1.165) is 29.6 Å². The van der Waals surface area contributed by atoms with Gasteiger partial charge < -0.3 is 5.73 Å². The molecule has 17 heavy (non-hydrogen) atoms. The lowest BCUT2D eigenvalue weighted by atomic mass is 9.91. The van der Waals surface area contributed by atoms with E-state index in [1.54, 1.807) is 0 Å². The molecule has 2 N–H and O–H groups in total. The molecule has 2 aliphatic rings. The Morgan fingerprint density at radius 2 is 1.71 bits per heavy atom. The Morgan fingerprint density at radius 3 is 2.35 bits per heavy atom. The molecule has 1 aromatic carbocycles. The molecule has 0 atom stereocenters. The van der Waals surface area contributed by atoms with Gasteiger partial charge in [-0.3, -0.25) is 4.98 Å². The van der Waals surface area contributed by atoms with Crippen LogP contribution in [0.15, 0.2) is 30.5 Å². The normalized spacial score (nSPS) is 23.6. The SMILES string of the molecule is NC1(C2(c3cnc4ccccc4n3)CC2)CC1. The summed E-state index contributed by atoms with van der Waals surface area (Å²) in [7, 11) is 0. The van der Waals surface area contributed by atoms with Gasteiger partial charge in [0.1, 0.15) is 0 Å². The van der Waals surface area contributed by atoms with E-state index in [0.29, 0.717) is 0 Å². The van der Waals surface area contributed by atoms with Gasteiger partial charge in [0.25, 0.3) is 0 Å². The van der Waals surface area contributed by atoms with Crippen LogP contribution in [0.5, 0.6) is 0 Å². The van der Waals surface area contributed by atoms with E-state index in [9.17, 15) is 0 Å². The average Bonchev–Trinajstić information content (AvgIpc) is 3.24. The molecular formula is C14H15N3. The third kappa shape index (κ3) is 1.20. The first-order chi connectivity index (χ1) is 8.24. The van der Waals surface area contributed by atoms with Crippen molar-refractivity contribution in [2.75, 3.05) is 0 Å². The molecule has 3 heteroatoms. The Bertz CT molecular complexity index is 597. The van der Waals surface area contributed by atoms with Gasteiger partial charge in [-0.25, -0.2) is 4.98 Å². The summed E-state index contributed by atoms with van der Waals surface area (Å²) < 4.78 is 0. The molecule has 1 heterocycles. The fourth-order valence-corrected chi connectivity index (χ4v) is 2.94. The molecule has 1 aromatic heterocycles. The van der Waals surface area contributed by atoms with Gasteiger partial charge in [0.05, 0.1) is 16.7 Å². The van der Waals surface area contributed by atoms with E-state index in [1.165, 1.54) is 12.8 Å². The quantitative estimate of drug-likeness (QED) is 0.852. The van der Waals surface area contributed by atoms with Crippen LogP contribution in [0.4, 0.5) is 0 Å². The Kier molecular flexibility index (Phi) is 1.60. The molecule has 3 nitrogen and oxygen atoms in total. The highest BCUT2D eigenvalue weighted by atomic mass is 15.0. The first-order valence-electron chi connectivity index (χ1n) is 6.25. The van der Waals surface area contributed by atoms with E-state index >= 15 is 0 Å². The van der Waals surface area contributed by atoms with Crippen molar-refractivity contribution in [1.82, 2.24) is 9.97 Å². The lowest BCUT2D eigenvalue weighted by molar-refractivity contribution is 0.491. The summed E-state index contributed by atoms with van der Waals surface area (Å²) in [5, 5.41) is 0. The molecule has 0 radical (unpaired) electrons. The topological polar surface area (TPSA) is 51.8 Å². The monoisotopic (exact) mass is 225 g/mol.